The van der Waals surface area contributed by atoms with Gasteiger partial charge in [0.05, 0.1) is 18.7 Å². The lowest BCUT2D eigenvalue weighted by atomic mass is 10.1. The first-order valence-corrected chi connectivity index (χ1v) is 8.06. The summed E-state index contributed by atoms with van der Waals surface area (Å²) in [7, 11) is 1.64. The second-order valence-electron chi connectivity index (χ2n) is 5.46. The molecule has 0 N–H and O–H groups in total. The van der Waals surface area contributed by atoms with Crippen molar-refractivity contribution >= 4 is 0 Å². The number of nitriles is 1. The average Bonchev–Trinajstić information content (AvgIpc) is 2.72. The number of methoxy groups -OCH3 is 1. The van der Waals surface area contributed by atoms with Crippen LogP contribution >= 0.6 is 0 Å². The summed E-state index contributed by atoms with van der Waals surface area (Å²) in [4.78, 5) is 0. The summed E-state index contributed by atoms with van der Waals surface area (Å²) >= 11 is 0. The Labute approximate surface area is 153 Å². The van der Waals surface area contributed by atoms with Crippen molar-refractivity contribution in [2.24, 2.45) is 0 Å². The Kier molecular flexibility index (Phi) is 5.37. The third-order valence-corrected chi connectivity index (χ3v) is 3.71. The van der Waals surface area contributed by atoms with E-state index in [4.69, 9.17) is 10.00 Å². The van der Waals surface area contributed by atoms with Gasteiger partial charge in [0.2, 0.25) is 0 Å². The van der Waals surface area contributed by atoms with Gasteiger partial charge < -0.3 is 4.74 Å². The molecule has 0 aliphatic rings. The van der Waals surface area contributed by atoms with E-state index in [-0.39, 0.29) is 0 Å². The van der Waals surface area contributed by atoms with Crippen molar-refractivity contribution in [3.63, 3.8) is 0 Å². The molecule has 0 aromatic heterocycles. The van der Waals surface area contributed by atoms with Crippen LogP contribution in [0.4, 0.5) is 0 Å². The van der Waals surface area contributed by atoms with Crippen molar-refractivity contribution in [2.45, 2.75) is 0 Å². The Morgan fingerprint density at radius 3 is 1.54 bits per heavy atom. The highest BCUT2D eigenvalue weighted by atomic mass is 16.5. The van der Waals surface area contributed by atoms with Gasteiger partial charge >= 0.3 is 0 Å². The fourth-order valence-electron chi connectivity index (χ4n) is 2.28. The lowest BCUT2D eigenvalue weighted by Crippen LogP contribution is -1.84. The normalized spacial score (nSPS) is 9.08. The summed E-state index contributed by atoms with van der Waals surface area (Å²) in [5, 5.41) is 8.85. The summed E-state index contributed by atoms with van der Waals surface area (Å²) in [6, 6.07) is 24.8. The van der Waals surface area contributed by atoms with Crippen molar-refractivity contribution in [1.29, 1.82) is 5.26 Å². The SMILES string of the molecule is COc1ccc(C#Cc2ccccc2C#Cc2ccc(C#N)cc2)cc1. The Bertz CT molecular complexity index is 1060. The molecule has 122 valence electrons. The molecule has 26 heavy (non-hydrogen) atoms. The molecular formula is C24H15NO. The van der Waals surface area contributed by atoms with Crippen LogP contribution in [-0.2, 0) is 0 Å². The number of rotatable bonds is 1. The van der Waals surface area contributed by atoms with E-state index in [1.54, 1.807) is 19.2 Å². The molecule has 0 bridgehead atoms. The van der Waals surface area contributed by atoms with Crippen LogP contribution < -0.4 is 4.74 Å². The predicted octanol–water partition coefficient (Wildman–Crippen LogP) is 4.37. The van der Waals surface area contributed by atoms with Crippen LogP contribution in [0.5, 0.6) is 5.75 Å². The monoisotopic (exact) mass is 333 g/mol. The van der Waals surface area contributed by atoms with Gasteiger partial charge in [-0.25, -0.2) is 0 Å². The van der Waals surface area contributed by atoms with Crippen molar-refractivity contribution in [2.75, 3.05) is 7.11 Å². The fourth-order valence-corrected chi connectivity index (χ4v) is 2.28. The van der Waals surface area contributed by atoms with E-state index in [0.29, 0.717) is 5.56 Å². The van der Waals surface area contributed by atoms with E-state index in [9.17, 15) is 0 Å². The molecular weight excluding hydrogens is 318 g/mol. The highest BCUT2D eigenvalue weighted by molar-refractivity contribution is 5.54. The summed E-state index contributed by atoms with van der Waals surface area (Å²) in [5.74, 6) is 13.4. The van der Waals surface area contributed by atoms with Gasteiger partial charge in [0.1, 0.15) is 5.75 Å². The average molecular weight is 333 g/mol. The fraction of sp³-hybridized carbons (Fsp3) is 0.0417. The quantitative estimate of drug-likeness (QED) is 0.620. The van der Waals surface area contributed by atoms with Crippen LogP contribution in [0.25, 0.3) is 0 Å². The minimum atomic E-state index is 0.626. The van der Waals surface area contributed by atoms with Crippen molar-refractivity contribution in [3.05, 3.63) is 101 Å². The molecule has 3 rings (SSSR count). The molecule has 0 saturated heterocycles. The zero-order valence-electron chi connectivity index (χ0n) is 14.3. The first kappa shape index (κ1) is 16.9. The molecule has 0 atom stereocenters. The van der Waals surface area contributed by atoms with Crippen LogP contribution in [0, 0.1) is 35.0 Å². The number of ether oxygens (including phenoxy) is 1. The zero-order valence-corrected chi connectivity index (χ0v) is 14.3. The number of hydrogen-bond acceptors (Lipinski definition) is 2. The highest BCUT2D eigenvalue weighted by Crippen LogP contribution is 2.11. The smallest absolute Gasteiger partial charge is 0.118 e. The molecule has 2 nitrogen and oxygen atoms in total. The predicted molar refractivity (Wildman–Crippen MR) is 103 cm³/mol. The molecule has 0 aliphatic carbocycles. The first-order valence-electron chi connectivity index (χ1n) is 8.06. The van der Waals surface area contributed by atoms with Crippen molar-refractivity contribution in [1.82, 2.24) is 0 Å². The van der Waals surface area contributed by atoms with Crippen molar-refractivity contribution in [3.8, 4) is 35.5 Å². The van der Waals surface area contributed by atoms with E-state index in [2.05, 4.69) is 29.8 Å². The van der Waals surface area contributed by atoms with Gasteiger partial charge in [0.15, 0.2) is 0 Å². The van der Waals surface area contributed by atoms with Gasteiger partial charge in [0, 0.05) is 22.3 Å². The Balaban J connectivity index is 1.86. The van der Waals surface area contributed by atoms with Crippen LogP contribution in [0.3, 0.4) is 0 Å². The van der Waals surface area contributed by atoms with Gasteiger partial charge in [0.25, 0.3) is 0 Å². The lowest BCUT2D eigenvalue weighted by Gasteiger charge is -1.98. The van der Waals surface area contributed by atoms with E-state index < -0.39 is 0 Å². The molecule has 0 aliphatic heterocycles. The Hall–Kier alpha value is -3.93. The van der Waals surface area contributed by atoms with Crippen LogP contribution in [0.1, 0.15) is 27.8 Å². The third kappa shape index (κ3) is 4.33. The summed E-state index contributed by atoms with van der Waals surface area (Å²) in [6.07, 6.45) is 0. The Morgan fingerprint density at radius 1 is 0.615 bits per heavy atom. The second kappa shape index (κ2) is 8.25. The molecule has 0 fully saturated rings. The van der Waals surface area contributed by atoms with E-state index in [0.717, 1.165) is 28.0 Å². The number of hydrogen-bond donors (Lipinski definition) is 0. The van der Waals surface area contributed by atoms with Gasteiger partial charge in [-0.05, 0) is 60.7 Å². The molecule has 0 spiro atoms. The van der Waals surface area contributed by atoms with E-state index >= 15 is 0 Å². The van der Waals surface area contributed by atoms with Crippen molar-refractivity contribution < 1.29 is 4.74 Å². The van der Waals surface area contributed by atoms with Crippen LogP contribution in [0.15, 0.2) is 72.8 Å². The summed E-state index contributed by atoms with van der Waals surface area (Å²) in [5.41, 5.74) is 4.16. The topological polar surface area (TPSA) is 33.0 Å². The molecule has 0 radical (unpaired) electrons. The maximum atomic E-state index is 8.85. The largest absolute Gasteiger partial charge is 0.497 e. The van der Waals surface area contributed by atoms with Crippen LogP contribution in [-0.4, -0.2) is 7.11 Å². The number of benzene rings is 3. The molecule has 0 amide bonds. The minimum Gasteiger partial charge on any atom is -0.497 e. The van der Waals surface area contributed by atoms with Gasteiger partial charge in [-0.15, -0.1) is 0 Å². The molecule has 3 aromatic carbocycles. The maximum absolute atomic E-state index is 8.85. The lowest BCUT2D eigenvalue weighted by molar-refractivity contribution is 0.415. The van der Waals surface area contributed by atoms with Gasteiger partial charge in [-0.2, -0.15) is 5.26 Å². The standard InChI is InChI=1S/C24H15NO/c1-26-24-16-12-20(13-17-24)11-15-23-5-3-2-4-22(23)14-10-19-6-8-21(18-25)9-7-19/h2-9,12-13,16-17H,1H3. The van der Waals surface area contributed by atoms with Gasteiger partial charge in [-0.1, -0.05) is 35.8 Å². The Morgan fingerprint density at radius 2 is 1.08 bits per heavy atom. The molecule has 0 saturated carbocycles. The minimum absolute atomic E-state index is 0.626. The highest BCUT2D eigenvalue weighted by Gasteiger charge is 1.96. The molecule has 3 aromatic rings. The van der Waals surface area contributed by atoms with E-state index in [1.807, 2.05) is 60.7 Å². The third-order valence-electron chi connectivity index (χ3n) is 3.71. The van der Waals surface area contributed by atoms with Gasteiger partial charge in [-0.3, -0.25) is 0 Å². The van der Waals surface area contributed by atoms with Crippen LogP contribution in [0.2, 0.25) is 0 Å². The first-order chi connectivity index (χ1) is 12.8. The molecule has 0 heterocycles. The number of nitrogens with zero attached hydrogens (tertiary/aromatic N) is 1. The molecule has 0 unspecified atom stereocenters. The maximum Gasteiger partial charge on any atom is 0.118 e. The van der Waals surface area contributed by atoms with E-state index in [1.165, 1.54) is 0 Å². The summed E-state index contributed by atoms with van der Waals surface area (Å²) < 4.78 is 5.16. The zero-order chi connectivity index (χ0) is 18.2. The second-order valence-corrected chi connectivity index (χ2v) is 5.46. The molecule has 2 heteroatoms. The summed E-state index contributed by atoms with van der Waals surface area (Å²) in [6.45, 7) is 0.